The summed E-state index contributed by atoms with van der Waals surface area (Å²) in [6.07, 6.45) is 6.41. The predicted molar refractivity (Wildman–Crippen MR) is 196 cm³/mol. The first kappa shape index (κ1) is 39.6. The van der Waals surface area contributed by atoms with Crippen molar-refractivity contribution >= 4 is 27.5 Å². The number of phenols is 1. The minimum atomic E-state index is -2.54. The number of aromatic hydroxyl groups is 1. The monoisotopic (exact) mass is 710 g/mol. The quantitative estimate of drug-likeness (QED) is 0.0729. The summed E-state index contributed by atoms with van der Waals surface area (Å²) in [5.41, 5.74) is 5.53. The summed E-state index contributed by atoms with van der Waals surface area (Å²) in [7, 11) is 1.86. The second-order valence-electron chi connectivity index (χ2n) is 13.6. The third kappa shape index (κ3) is 8.82. The van der Waals surface area contributed by atoms with Crippen molar-refractivity contribution in [2.45, 2.75) is 73.1 Å². The Balaban J connectivity index is 0.00000286. The normalized spacial score (nSPS) is 18.4. The molecule has 12 heteroatoms. The van der Waals surface area contributed by atoms with E-state index in [1.165, 1.54) is 24.3 Å². The van der Waals surface area contributed by atoms with Crippen LogP contribution in [0.4, 0.5) is 23.4 Å². The number of nitrogen functional groups attached to an aromatic ring is 1. The number of nitrogens with zero attached hydrogens (tertiary/aromatic N) is 4. The number of rotatable bonds is 13. The van der Waals surface area contributed by atoms with E-state index in [1.54, 1.807) is 6.92 Å². The van der Waals surface area contributed by atoms with Crippen LogP contribution in [0.3, 0.4) is 0 Å². The van der Waals surface area contributed by atoms with Gasteiger partial charge in [0.25, 0.3) is 0 Å². The van der Waals surface area contributed by atoms with E-state index in [4.69, 9.17) is 21.9 Å². The Kier molecular flexibility index (Phi) is 13.5. The molecule has 1 aliphatic rings. The number of fused-ring (bicyclic) bond motifs is 2. The van der Waals surface area contributed by atoms with Crippen molar-refractivity contribution in [2.24, 2.45) is 17.3 Å². The fraction of sp³-hybridized carbons (Fsp3) is 0.513. The average molecular weight is 711 g/mol. The Morgan fingerprint density at radius 2 is 1.92 bits per heavy atom. The minimum absolute atomic E-state index is 0.0712. The van der Waals surface area contributed by atoms with Crippen molar-refractivity contribution in [3.8, 4) is 35.4 Å². The molecular weight excluding hydrogens is 660 g/mol. The maximum absolute atomic E-state index is 16.8. The number of piperidine rings is 1. The molecule has 4 N–H and O–H groups in total. The summed E-state index contributed by atoms with van der Waals surface area (Å²) >= 11 is 0. The van der Waals surface area contributed by atoms with Crippen molar-refractivity contribution in [3.05, 3.63) is 47.2 Å². The fourth-order valence-electron chi connectivity index (χ4n) is 7.01. The fourth-order valence-corrected chi connectivity index (χ4v) is 7.01. The molecule has 1 aliphatic heterocycles. The third-order valence-corrected chi connectivity index (χ3v) is 9.53. The Hall–Kier alpha value is -4.21. The van der Waals surface area contributed by atoms with Crippen molar-refractivity contribution in [3.63, 3.8) is 0 Å². The lowest BCUT2D eigenvalue weighted by Gasteiger charge is -2.44. The number of ether oxygens (including phenoxy) is 1. The van der Waals surface area contributed by atoms with Gasteiger partial charge in [0.05, 0.1) is 23.3 Å². The lowest BCUT2D eigenvalue weighted by atomic mass is 9.73. The summed E-state index contributed by atoms with van der Waals surface area (Å²) in [5, 5.41) is 14.9. The number of alkyl halides is 2. The number of terminal acetylenes is 1. The van der Waals surface area contributed by atoms with E-state index >= 15 is 4.39 Å². The van der Waals surface area contributed by atoms with Crippen LogP contribution in [-0.4, -0.2) is 71.2 Å². The van der Waals surface area contributed by atoms with Crippen molar-refractivity contribution < 1.29 is 27.4 Å². The Morgan fingerprint density at radius 1 is 1.18 bits per heavy atom. The van der Waals surface area contributed by atoms with E-state index in [-0.39, 0.29) is 57.3 Å². The second kappa shape index (κ2) is 17.3. The zero-order valence-electron chi connectivity index (χ0n) is 30.4. The molecule has 3 unspecified atom stereocenters. The maximum Gasteiger partial charge on any atom is 0.319 e. The van der Waals surface area contributed by atoms with Crippen LogP contribution in [0.15, 0.2) is 24.3 Å². The number of anilines is 1. The zero-order valence-corrected chi connectivity index (χ0v) is 30.4. The Morgan fingerprint density at radius 3 is 2.61 bits per heavy atom. The number of phenolic OH excluding ortho intramolecular Hbond substituents is 1. The average Bonchev–Trinajstić information content (AvgIpc) is 3.09. The molecule has 3 heterocycles. The molecule has 5 rings (SSSR count). The van der Waals surface area contributed by atoms with E-state index in [9.17, 15) is 18.3 Å². The number of pyridine rings is 1. The number of aromatic nitrogens is 3. The molecule has 1 fully saturated rings. The molecule has 51 heavy (non-hydrogen) atoms. The molecule has 0 bridgehead atoms. The van der Waals surface area contributed by atoms with Crippen LogP contribution in [0.25, 0.3) is 32.9 Å². The Bertz CT molecular complexity index is 1870. The molecule has 2 aromatic heterocycles. The molecule has 8 nitrogen and oxygen atoms in total. The predicted octanol–water partition coefficient (Wildman–Crippen LogP) is 7.98. The van der Waals surface area contributed by atoms with E-state index in [0.29, 0.717) is 49.4 Å². The summed E-state index contributed by atoms with van der Waals surface area (Å²) < 4.78 is 65.8. The number of nitrogens with one attached hydrogen (secondary N) is 1. The van der Waals surface area contributed by atoms with Gasteiger partial charge in [-0.2, -0.15) is 9.97 Å². The largest absolute Gasteiger partial charge is 0.508 e. The van der Waals surface area contributed by atoms with Crippen LogP contribution < -0.4 is 15.8 Å². The summed E-state index contributed by atoms with van der Waals surface area (Å²) in [6.45, 7) is 12.5. The van der Waals surface area contributed by atoms with E-state index in [0.717, 1.165) is 25.9 Å². The van der Waals surface area contributed by atoms with Crippen molar-refractivity contribution in [2.75, 3.05) is 45.6 Å². The van der Waals surface area contributed by atoms with E-state index < -0.39 is 29.4 Å². The van der Waals surface area contributed by atoms with Gasteiger partial charge in [-0.1, -0.05) is 46.6 Å². The van der Waals surface area contributed by atoms with Crippen LogP contribution in [-0.2, 0) is 6.42 Å². The molecule has 0 amide bonds. The first-order valence-electron chi connectivity index (χ1n) is 17.7. The number of hydrogen-bond donors (Lipinski definition) is 3. The zero-order chi connectivity index (χ0) is 37.5. The van der Waals surface area contributed by atoms with Crippen LogP contribution in [0.2, 0.25) is 0 Å². The van der Waals surface area contributed by atoms with Gasteiger partial charge in [0.1, 0.15) is 28.6 Å². The van der Waals surface area contributed by atoms with Crippen molar-refractivity contribution in [1.29, 1.82) is 0 Å². The van der Waals surface area contributed by atoms with Gasteiger partial charge in [0, 0.05) is 28.8 Å². The molecule has 1 saturated heterocycles. The molecule has 0 spiro atoms. The number of benzene rings is 2. The summed E-state index contributed by atoms with van der Waals surface area (Å²) in [4.78, 5) is 15.4. The van der Waals surface area contributed by atoms with Gasteiger partial charge in [0.15, 0.2) is 5.82 Å². The third-order valence-electron chi connectivity index (χ3n) is 9.53. The first-order chi connectivity index (χ1) is 24.4. The van der Waals surface area contributed by atoms with Crippen LogP contribution in [0.5, 0.6) is 11.8 Å². The van der Waals surface area contributed by atoms with E-state index in [1.807, 2.05) is 25.8 Å². The lowest BCUT2D eigenvalue weighted by Crippen LogP contribution is -2.51. The van der Waals surface area contributed by atoms with Gasteiger partial charge < -0.3 is 25.8 Å². The Labute approximate surface area is 298 Å². The molecule has 4 aromatic rings. The number of aryl methyl sites for hydroxylation is 1. The topological polar surface area (TPSA) is 109 Å². The molecule has 2 aromatic carbocycles. The number of hydrogen-bond acceptors (Lipinski definition) is 8. The number of halogens is 4. The maximum atomic E-state index is 16.8. The van der Waals surface area contributed by atoms with E-state index in [2.05, 4.69) is 35.1 Å². The molecule has 0 radical (unpaired) electrons. The number of nitrogens with two attached hydrogens (primary N) is 1. The van der Waals surface area contributed by atoms with Crippen LogP contribution in [0.1, 0.15) is 71.6 Å². The molecule has 3 atom stereocenters. The lowest BCUT2D eigenvalue weighted by molar-refractivity contribution is -0.0679. The van der Waals surface area contributed by atoms with Crippen molar-refractivity contribution in [1.82, 2.24) is 25.2 Å². The summed E-state index contributed by atoms with van der Waals surface area (Å²) in [6, 6.07) is 5.08. The van der Waals surface area contributed by atoms with Gasteiger partial charge in [-0.05, 0) is 88.3 Å². The highest BCUT2D eigenvalue weighted by molar-refractivity contribution is 6.03. The van der Waals surface area contributed by atoms with Crippen LogP contribution in [0, 0.1) is 41.2 Å². The SMILES string of the molecule is C#Cc1c(F)ccc2cc(O)cc(-c3nc(CCCC(C)CNCCC)c4c(N)nc(OCC5(C)CN(C)CCC5C(F)F)nc4c3F)c12.CC. The molecule has 0 aliphatic carbocycles. The van der Waals surface area contributed by atoms with Gasteiger partial charge >= 0.3 is 6.01 Å². The highest BCUT2D eigenvalue weighted by Crippen LogP contribution is 2.41. The van der Waals surface area contributed by atoms with Gasteiger partial charge in [-0.25, -0.2) is 22.5 Å². The standard InChI is InChI=1S/C37H44F4N6O2.C2H6/c1-6-14-43-18-21(3)9-8-10-28-30-33(45-36(46-35(30)42)49-20-37(4)19-47(5)15-13-26(37)34(40)41)31(39)32(44-28)25-17-23(48)16-22-11-12-27(38)24(7-2)29(22)25;1-2/h2,11-12,16-17,21,26,34,43,48H,6,8-10,13-15,18-20H2,1,3-5H3,(H2,42,45,46);1-2H3. The summed E-state index contributed by atoms with van der Waals surface area (Å²) in [5.74, 6) is -0.0425. The highest BCUT2D eigenvalue weighted by Gasteiger charge is 2.44. The highest BCUT2D eigenvalue weighted by atomic mass is 19.3. The molecule has 0 saturated carbocycles. The molecule has 276 valence electrons. The van der Waals surface area contributed by atoms with Crippen LogP contribution >= 0.6 is 0 Å². The smallest absolute Gasteiger partial charge is 0.319 e. The number of likely N-dealkylation sites (tertiary alicyclic amines) is 1. The van der Waals surface area contributed by atoms with Gasteiger partial charge in [-0.15, -0.1) is 6.42 Å². The first-order valence-corrected chi connectivity index (χ1v) is 17.7. The second-order valence-corrected chi connectivity index (χ2v) is 13.6. The minimum Gasteiger partial charge on any atom is -0.508 e. The van der Waals surface area contributed by atoms with Gasteiger partial charge in [-0.3, -0.25) is 0 Å². The molecular formula is C39H50F4N6O2. The van der Waals surface area contributed by atoms with Gasteiger partial charge in [0.2, 0.25) is 6.43 Å².